The van der Waals surface area contributed by atoms with Crippen LogP contribution in [0, 0.1) is 13.8 Å². The number of rotatable bonds is 8. The molecule has 0 bridgehead atoms. The lowest BCUT2D eigenvalue weighted by molar-refractivity contribution is -0.136. The van der Waals surface area contributed by atoms with Gasteiger partial charge in [-0.1, -0.05) is 19.4 Å². The van der Waals surface area contributed by atoms with Crippen molar-refractivity contribution in [3.8, 4) is 0 Å². The van der Waals surface area contributed by atoms with Gasteiger partial charge in [-0.2, -0.15) is 0 Å². The normalized spacial score (nSPS) is 10.3. The first-order valence-electron chi connectivity index (χ1n) is 7.78. The lowest BCUT2D eigenvalue weighted by Gasteiger charge is -2.08. The quantitative estimate of drug-likeness (QED) is 0.573. The maximum Gasteiger partial charge on any atom is 0.313 e. The Kier molecular flexibility index (Phi) is 8.22. The Balaban J connectivity index is 2.24. The highest BCUT2D eigenvalue weighted by Gasteiger charge is 2.13. The Morgan fingerprint density at radius 3 is 2.45 bits per heavy atom. The molecule has 0 aromatic heterocycles. The summed E-state index contributed by atoms with van der Waals surface area (Å²) in [5, 5.41) is 5.18. The minimum absolute atomic E-state index is 0.436. The predicted molar refractivity (Wildman–Crippen MR) is 87.9 cm³/mol. The number of nitrogens with one attached hydrogen (secondary N) is 2. The first kappa shape index (κ1) is 18.2. The van der Waals surface area contributed by atoms with Gasteiger partial charge in [0.1, 0.15) is 0 Å². The van der Waals surface area contributed by atoms with E-state index in [4.69, 9.17) is 4.74 Å². The summed E-state index contributed by atoms with van der Waals surface area (Å²) < 4.78 is 5.38. The van der Waals surface area contributed by atoms with Gasteiger partial charge in [-0.3, -0.25) is 9.59 Å². The second-order valence-corrected chi connectivity index (χ2v) is 5.33. The Morgan fingerprint density at radius 1 is 1.05 bits per heavy atom. The molecule has 1 aromatic rings. The maximum absolute atomic E-state index is 11.8. The van der Waals surface area contributed by atoms with Crippen LogP contribution in [0.2, 0.25) is 0 Å². The molecule has 0 fully saturated rings. The van der Waals surface area contributed by atoms with E-state index in [0.29, 0.717) is 25.3 Å². The summed E-state index contributed by atoms with van der Waals surface area (Å²) in [4.78, 5) is 23.4. The van der Waals surface area contributed by atoms with Crippen molar-refractivity contribution in [2.45, 2.75) is 40.0 Å². The van der Waals surface area contributed by atoms with Crippen molar-refractivity contribution in [3.05, 3.63) is 29.3 Å². The summed E-state index contributed by atoms with van der Waals surface area (Å²) in [7, 11) is 0. The summed E-state index contributed by atoms with van der Waals surface area (Å²) in [5.41, 5.74) is 2.85. The number of carbonyl (C=O) groups excluding carboxylic acids is 2. The van der Waals surface area contributed by atoms with Gasteiger partial charge >= 0.3 is 11.8 Å². The number of carbonyl (C=O) groups is 2. The summed E-state index contributed by atoms with van der Waals surface area (Å²) in [6.45, 7) is 7.85. The van der Waals surface area contributed by atoms with E-state index in [0.717, 1.165) is 30.6 Å². The number of anilines is 1. The molecule has 0 heterocycles. The second kappa shape index (κ2) is 9.95. The number of unbranched alkanes of at least 4 members (excludes halogenated alkanes) is 1. The number of aryl methyl sites for hydroxylation is 2. The van der Waals surface area contributed by atoms with Crippen LogP contribution < -0.4 is 10.6 Å². The molecule has 0 atom stereocenters. The van der Waals surface area contributed by atoms with Crippen LogP contribution in [0.25, 0.3) is 0 Å². The maximum atomic E-state index is 11.8. The molecule has 5 nitrogen and oxygen atoms in total. The van der Waals surface area contributed by atoms with Crippen molar-refractivity contribution in [3.63, 3.8) is 0 Å². The SMILES string of the molecule is CCCCOCCCNC(=O)C(=O)Nc1ccc(C)c(C)c1. The van der Waals surface area contributed by atoms with Crippen molar-refractivity contribution in [1.29, 1.82) is 0 Å². The van der Waals surface area contributed by atoms with Gasteiger partial charge in [0, 0.05) is 25.4 Å². The van der Waals surface area contributed by atoms with E-state index in [2.05, 4.69) is 17.6 Å². The van der Waals surface area contributed by atoms with Crippen LogP contribution >= 0.6 is 0 Å². The molecule has 0 spiro atoms. The highest BCUT2D eigenvalue weighted by molar-refractivity contribution is 6.39. The van der Waals surface area contributed by atoms with Crippen molar-refractivity contribution in [2.75, 3.05) is 25.1 Å². The summed E-state index contributed by atoms with van der Waals surface area (Å²) in [5.74, 6) is -1.26. The van der Waals surface area contributed by atoms with Gasteiger partial charge in [0.05, 0.1) is 0 Å². The lowest BCUT2D eigenvalue weighted by Crippen LogP contribution is -2.36. The predicted octanol–water partition coefficient (Wildman–Crippen LogP) is 2.56. The third-order valence-electron chi connectivity index (χ3n) is 3.36. The molecule has 122 valence electrons. The molecule has 1 aromatic carbocycles. The van der Waals surface area contributed by atoms with Gasteiger partial charge in [0.2, 0.25) is 0 Å². The standard InChI is InChI=1S/C17H26N2O3/c1-4-5-10-22-11-6-9-18-16(20)17(21)19-15-8-7-13(2)14(3)12-15/h7-8,12H,4-6,9-11H2,1-3H3,(H,18,20)(H,19,21). The zero-order chi connectivity index (χ0) is 16.4. The number of hydrogen-bond acceptors (Lipinski definition) is 3. The Labute approximate surface area is 132 Å². The average Bonchev–Trinajstić information content (AvgIpc) is 2.49. The van der Waals surface area contributed by atoms with Crippen LogP contribution in [0.1, 0.15) is 37.3 Å². The molecule has 2 amide bonds. The van der Waals surface area contributed by atoms with Gasteiger partial charge in [-0.25, -0.2) is 0 Å². The molecule has 0 aliphatic carbocycles. The molecular weight excluding hydrogens is 280 g/mol. The van der Waals surface area contributed by atoms with E-state index < -0.39 is 11.8 Å². The fourth-order valence-electron chi connectivity index (χ4n) is 1.81. The zero-order valence-corrected chi connectivity index (χ0v) is 13.7. The van der Waals surface area contributed by atoms with Gasteiger partial charge in [-0.05, 0) is 49.9 Å². The van der Waals surface area contributed by atoms with Crippen LogP contribution in [0.15, 0.2) is 18.2 Å². The topological polar surface area (TPSA) is 67.4 Å². The van der Waals surface area contributed by atoms with Crippen molar-refractivity contribution < 1.29 is 14.3 Å². The first-order chi connectivity index (χ1) is 10.5. The molecule has 0 aliphatic heterocycles. The first-order valence-corrected chi connectivity index (χ1v) is 7.78. The Hall–Kier alpha value is -1.88. The largest absolute Gasteiger partial charge is 0.381 e. The molecule has 0 saturated carbocycles. The molecule has 1 rings (SSSR count). The second-order valence-electron chi connectivity index (χ2n) is 5.33. The van der Waals surface area contributed by atoms with Crippen molar-refractivity contribution in [1.82, 2.24) is 5.32 Å². The zero-order valence-electron chi connectivity index (χ0n) is 13.7. The molecule has 2 N–H and O–H groups in total. The minimum Gasteiger partial charge on any atom is -0.381 e. The van der Waals surface area contributed by atoms with E-state index in [-0.39, 0.29) is 0 Å². The highest BCUT2D eigenvalue weighted by atomic mass is 16.5. The third-order valence-corrected chi connectivity index (χ3v) is 3.36. The number of benzene rings is 1. The minimum atomic E-state index is -0.643. The van der Waals surface area contributed by atoms with E-state index >= 15 is 0 Å². The number of amides is 2. The summed E-state index contributed by atoms with van der Waals surface area (Å²) in [6.07, 6.45) is 2.85. The summed E-state index contributed by atoms with van der Waals surface area (Å²) >= 11 is 0. The van der Waals surface area contributed by atoms with Crippen molar-refractivity contribution >= 4 is 17.5 Å². The smallest absolute Gasteiger partial charge is 0.313 e. The third kappa shape index (κ3) is 6.72. The molecule has 0 saturated heterocycles. The molecule has 0 radical (unpaired) electrons. The van der Waals surface area contributed by atoms with Crippen LogP contribution in [0.5, 0.6) is 0 Å². The van der Waals surface area contributed by atoms with E-state index in [1.54, 1.807) is 6.07 Å². The van der Waals surface area contributed by atoms with Gasteiger partial charge < -0.3 is 15.4 Å². The average molecular weight is 306 g/mol. The molecular formula is C17H26N2O3. The summed E-state index contributed by atoms with van der Waals surface area (Å²) in [6, 6.07) is 5.55. The number of hydrogen-bond donors (Lipinski definition) is 2. The molecule has 5 heteroatoms. The van der Waals surface area contributed by atoms with Gasteiger partial charge in [0.15, 0.2) is 0 Å². The van der Waals surface area contributed by atoms with E-state index in [1.165, 1.54) is 0 Å². The van der Waals surface area contributed by atoms with E-state index in [1.807, 2.05) is 26.0 Å². The Bertz CT molecular complexity index is 501. The van der Waals surface area contributed by atoms with Gasteiger partial charge in [0.25, 0.3) is 0 Å². The number of ether oxygens (including phenoxy) is 1. The Morgan fingerprint density at radius 2 is 1.77 bits per heavy atom. The fraction of sp³-hybridized carbons (Fsp3) is 0.529. The highest BCUT2D eigenvalue weighted by Crippen LogP contribution is 2.13. The van der Waals surface area contributed by atoms with Crippen LogP contribution in [-0.2, 0) is 14.3 Å². The molecule has 0 aliphatic rings. The lowest BCUT2D eigenvalue weighted by atomic mass is 10.1. The monoisotopic (exact) mass is 306 g/mol. The van der Waals surface area contributed by atoms with Crippen LogP contribution in [-0.4, -0.2) is 31.6 Å². The van der Waals surface area contributed by atoms with Crippen molar-refractivity contribution in [2.24, 2.45) is 0 Å². The van der Waals surface area contributed by atoms with Gasteiger partial charge in [-0.15, -0.1) is 0 Å². The molecule has 0 unspecified atom stereocenters. The van der Waals surface area contributed by atoms with Crippen LogP contribution in [0.3, 0.4) is 0 Å². The van der Waals surface area contributed by atoms with Crippen LogP contribution in [0.4, 0.5) is 5.69 Å². The fourth-order valence-corrected chi connectivity index (χ4v) is 1.81. The van der Waals surface area contributed by atoms with E-state index in [9.17, 15) is 9.59 Å². The molecule has 22 heavy (non-hydrogen) atoms.